The Balaban J connectivity index is 1.77. The van der Waals surface area contributed by atoms with Crippen molar-refractivity contribution >= 4 is 17.2 Å². The number of aryl methyl sites for hydroxylation is 1. The summed E-state index contributed by atoms with van der Waals surface area (Å²) >= 11 is 1.69. The highest BCUT2D eigenvalue weighted by Crippen LogP contribution is 2.18. The normalized spacial score (nSPS) is 15.2. The predicted octanol–water partition coefficient (Wildman–Crippen LogP) is 0.297. The zero-order valence-electron chi connectivity index (χ0n) is 15.2. The van der Waals surface area contributed by atoms with Gasteiger partial charge in [-0.05, 0) is 6.42 Å². The molecule has 2 aromatic heterocycles. The van der Waals surface area contributed by atoms with Gasteiger partial charge >= 0.3 is 5.69 Å². The summed E-state index contributed by atoms with van der Waals surface area (Å²) in [6, 6.07) is 1.97. The lowest BCUT2D eigenvalue weighted by atomic mass is 10.2. The summed E-state index contributed by atoms with van der Waals surface area (Å²) in [5.74, 6) is 0.419. The first-order valence-electron chi connectivity index (χ1n) is 8.57. The molecule has 9 heteroatoms. The van der Waals surface area contributed by atoms with Crippen molar-refractivity contribution in [3.8, 4) is 6.07 Å². The third-order valence-corrected chi connectivity index (χ3v) is 5.75. The van der Waals surface area contributed by atoms with Crippen LogP contribution in [0.5, 0.6) is 0 Å². The number of aromatic nitrogens is 3. The molecule has 0 aromatic carbocycles. The Bertz CT molecular complexity index is 959. The molecule has 138 valence electrons. The maximum Gasteiger partial charge on any atom is 0.332 e. The number of rotatable bonds is 4. The number of piperazine rings is 1. The van der Waals surface area contributed by atoms with Gasteiger partial charge in [0.05, 0.1) is 10.7 Å². The number of anilines is 1. The summed E-state index contributed by atoms with van der Waals surface area (Å²) < 4.78 is 2.37. The Morgan fingerprint density at radius 1 is 1.19 bits per heavy atom. The molecule has 3 heterocycles. The van der Waals surface area contributed by atoms with Crippen molar-refractivity contribution in [1.82, 2.24) is 19.0 Å². The molecular weight excluding hydrogens is 352 g/mol. The van der Waals surface area contributed by atoms with Gasteiger partial charge in [-0.3, -0.25) is 18.8 Å². The highest BCUT2D eigenvalue weighted by molar-refractivity contribution is 7.09. The lowest BCUT2D eigenvalue weighted by Gasteiger charge is -2.36. The lowest BCUT2D eigenvalue weighted by Crippen LogP contribution is -2.50. The smallest absolute Gasteiger partial charge is 0.332 e. The van der Waals surface area contributed by atoms with E-state index >= 15 is 0 Å². The van der Waals surface area contributed by atoms with Crippen LogP contribution in [-0.2, 0) is 27.1 Å². The second-order valence-corrected chi connectivity index (χ2v) is 7.31. The van der Waals surface area contributed by atoms with Crippen molar-refractivity contribution in [1.29, 1.82) is 5.26 Å². The van der Waals surface area contributed by atoms with Gasteiger partial charge in [0.2, 0.25) is 0 Å². The third kappa shape index (κ3) is 3.30. The van der Waals surface area contributed by atoms with Crippen molar-refractivity contribution < 1.29 is 0 Å². The van der Waals surface area contributed by atoms with E-state index in [2.05, 4.69) is 22.2 Å². The standard InChI is InChI=1S/C17H22N6O2S/c1-4-14-19-12(11-26-14)10-22-5-7-23(8-6-22)15-13(9-18)16(24)21(3)17(25)20(15)2/h11H,4-8,10H2,1-3H3. The number of hydrogen-bond acceptors (Lipinski definition) is 7. The summed E-state index contributed by atoms with van der Waals surface area (Å²) in [6.07, 6.45) is 0.951. The Morgan fingerprint density at radius 3 is 2.46 bits per heavy atom. The van der Waals surface area contributed by atoms with Crippen molar-refractivity contribution in [2.45, 2.75) is 19.9 Å². The average Bonchev–Trinajstić information content (AvgIpc) is 3.11. The van der Waals surface area contributed by atoms with E-state index in [1.165, 1.54) is 11.6 Å². The van der Waals surface area contributed by atoms with Gasteiger partial charge in [0.1, 0.15) is 11.9 Å². The molecular formula is C17H22N6O2S. The summed E-state index contributed by atoms with van der Waals surface area (Å²) in [5.41, 5.74) is 0.151. The molecule has 1 aliphatic rings. The van der Waals surface area contributed by atoms with Crippen LogP contribution >= 0.6 is 11.3 Å². The molecule has 0 bridgehead atoms. The van der Waals surface area contributed by atoms with Crippen LogP contribution in [0, 0.1) is 11.3 Å². The van der Waals surface area contributed by atoms with Crippen LogP contribution in [0.3, 0.4) is 0 Å². The molecule has 1 aliphatic heterocycles. The van der Waals surface area contributed by atoms with Gasteiger partial charge in [0.25, 0.3) is 5.56 Å². The maximum absolute atomic E-state index is 12.3. The SMILES string of the molecule is CCc1nc(CN2CCN(c3c(C#N)c(=O)n(C)c(=O)n3C)CC2)cs1. The van der Waals surface area contributed by atoms with E-state index in [9.17, 15) is 14.9 Å². The van der Waals surface area contributed by atoms with E-state index in [4.69, 9.17) is 0 Å². The molecule has 0 atom stereocenters. The topological polar surface area (TPSA) is 87.2 Å². The molecule has 3 rings (SSSR count). The van der Waals surface area contributed by atoms with Crippen LogP contribution in [0.4, 0.5) is 5.82 Å². The van der Waals surface area contributed by atoms with Gasteiger partial charge in [-0.2, -0.15) is 5.26 Å². The van der Waals surface area contributed by atoms with E-state index in [0.717, 1.165) is 41.3 Å². The first-order chi connectivity index (χ1) is 12.5. The number of thiazole rings is 1. The quantitative estimate of drug-likeness (QED) is 0.765. The Kier molecular flexibility index (Phi) is 5.25. The van der Waals surface area contributed by atoms with Gasteiger partial charge in [0, 0.05) is 52.2 Å². The molecule has 0 N–H and O–H groups in total. The third-order valence-electron chi connectivity index (χ3n) is 4.70. The minimum Gasteiger partial charge on any atom is -0.354 e. The highest BCUT2D eigenvalue weighted by Gasteiger charge is 2.25. The largest absolute Gasteiger partial charge is 0.354 e. The van der Waals surface area contributed by atoms with Crippen LogP contribution in [0.1, 0.15) is 23.2 Å². The van der Waals surface area contributed by atoms with E-state index in [1.807, 2.05) is 11.0 Å². The molecule has 2 aromatic rings. The van der Waals surface area contributed by atoms with Crippen molar-refractivity contribution in [2.75, 3.05) is 31.1 Å². The molecule has 0 saturated carbocycles. The molecule has 0 unspecified atom stereocenters. The summed E-state index contributed by atoms with van der Waals surface area (Å²) in [4.78, 5) is 33.3. The van der Waals surface area contributed by atoms with Crippen LogP contribution in [0.25, 0.3) is 0 Å². The summed E-state index contributed by atoms with van der Waals surface area (Å²) in [6.45, 7) is 5.77. The average molecular weight is 374 g/mol. The van der Waals surface area contributed by atoms with Crippen LogP contribution in [0.2, 0.25) is 0 Å². The fourth-order valence-electron chi connectivity index (χ4n) is 3.23. The zero-order valence-corrected chi connectivity index (χ0v) is 16.0. The Hall–Kier alpha value is -2.44. The van der Waals surface area contributed by atoms with Crippen molar-refractivity contribution in [2.24, 2.45) is 14.1 Å². The van der Waals surface area contributed by atoms with Gasteiger partial charge in [0.15, 0.2) is 5.56 Å². The monoisotopic (exact) mass is 374 g/mol. The second-order valence-electron chi connectivity index (χ2n) is 6.37. The number of nitriles is 1. The predicted molar refractivity (Wildman–Crippen MR) is 101 cm³/mol. The molecule has 8 nitrogen and oxygen atoms in total. The van der Waals surface area contributed by atoms with E-state index in [-0.39, 0.29) is 5.56 Å². The van der Waals surface area contributed by atoms with Crippen LogP contribution in [0.15, 0.2) is 15.0 Å². The summed E-state index contributed by atoms with van der Waals surface area (Å²) in [5, 5.41) is 12.7. The molecule has 0 spiro atoms. The van der Waals surface area contributed by atoms with Gasteiger partial charge in [-0.1, -0.05) is 6.92 Å². The van der Waals surface area contributed by atoms with E-state index in [1.54, 1.807) is 18.4 Å². The maximum atomic E-state index is 12.3. The van der Waals surface area contributed by atoms with Gasteiger partial charge < -0.3 is 4.90 Å². The molecule has 1 fully saturated rings. The molecule has 0 radical (unpaired) electrons. The second kappa shape index (κ2) is 7.43. The first kappa shape index (κ1) is 18.4. The Labute approximate surface area is 155 Å². The zero-order chi connectivity index (χ0) is 18.8. The van der Waals surface area contributed by atoms with Crippen LogP contribution < -0.4 is 16.1 Å². The minimum atomic E-state index is -0.539. The summed E-state index contributed by atoms with van der Waals surface area (Å²) in [7, 11) is 3.00. The lowest BCUT2D eigenvalue weighted by molar-refractivity contribution is 0.246. The Morgan fingerprint density at radius 2 is 1.88 bits per heavy atom. The van der Waals surface area contributed by atoms with Crippen molar-refractivity contribution in [3.63, 3.8) is 0 Å². The van der Waals surface area contributed by atoms with E-state index < -0.39 is 11.2 Å². The molecule has 0 aliphatic carbocycles. The molecule has 1 saturated heterocycles. The fraction of sp³-hybridized carbons (Fsp3) is 0.529. The van der Waals surface area contributed by atoms with E-state index in [0.29, 0.717) is 18.9 Å². The number of hydrogen-bond donors (Lipinski definition) is 0. The van der Waals surface area contributed by atoms with Gasteiger partial charge in [-0.25, -0.2) is 9.78 Å². The molecule has 26 heavy (non-hydrogen) atoms. The number of nitrogens with zero attached hydrogens (tertiary/aromatic N) is 6. The highest BCUT2D eigenvalue weighted by atomic mass is 32.1. The minimum absolute atomic E-state index is 0.0233. The van der Waals surface area contributed by atoms with Crippen molar-refractivity contribution in [3.05, 3.63) is 42.5 Å². The fourth-order valence-corrected chi connectivity index (χ4v) is 3.97. The van der Waals surface area contributed by atoms with Crippen LogP contribution in [-0.4, -0.2) is 45.2 Å². The first-order valence-corrected chi connectivity index (χ1v) is 9.45. The molecule has 0 amide bonds. The van der Waals surface area contributed by atoms with Gasteiger partial charge in [-0.15, -0.1) is 11.3 Å².